The standard InChI is InChI=1S/C25H27Cl2F3N4O4S/c1-4-39(37,38)20-6-5-15(26)9-14(20)11-34-23(35)17-10-19(25(28,29)30)18(21(27)22(17)31-24(34)36)13-33-8-7-16(12-33)32(2)3/h5-6,9-10,16H,4,7-8,11-13H2,1-3H3,(H,31,36)/t16-/m1/s1. The minimum absolute atomic E-state index is 0.0551. The van der Waals surface area contributed by atoms with Crippen LogP contribution in [0.4, 0.5) is 13.2 Å². The molecule has 2 aromatic carbocycles. The third-order valence-electron chi connectivity index (χ3n) is 7.05. The second-order valence-corrected chi connectivity index (χ2v) is 12.8. The predicted molar refractivity (Wildman–Crippen MR) is 144 cm³/mol. The zero-order chi connectivity index (χ0) is 28.9. The van der Waals surface area contributed by atoms with E-state index in [-0.39, 0.29) is 49.9 Å². The van der Waals surface area contributed by atoms with Crippen molar-refractivity contribution in [2.45, 2.75) is 43.5 Å². The molecule has 39 heavy (non-hydrogen) atoms. The Morgan fingerprint density at radius 3 is 2.41 bits per heavy atom. The Balaban J connectivity index is 1.87. The molecule has 212 valence electrons. The van der Waals surface area contributed by atoms with Crippen LogP contribution in [0.2, 0.25) is 10.0 Å². The summed E-state index contributed by atoms with van der Waals surface area (Å²) in [6, 6.07) is 4.80. The van der Waals surface area contributed by atoms with Crippen molar-refractivity contribution in [1.82, 2.24) is 19.4 Å². The first-order valence-electron chi connectivity index (χ1n) is 12.1. The summed E-state index contributed by atoms with van der Waals surface area (Å²) in [5, 5.41) is -0.632. The van der Waals surface area contributed by atoms with Crippen LogP contribution in [0.3, 0.4) is 0 Å². The maximum atomic E-state index is 14.2. The molecular formula is C25H27Cl2F3N4O4S. The Kier molecular flexibility index (Phi) is 8.26. The van der Waals surface area contributed by atoms with Gasteiger partial charge in [0.15, 0.2) is 9.84 Å². The molecule has 0 radical (unpaired) electrons. The van der Waals surface area contributed by atoms with E-state index >= 15 is 0 Å². The van der Waals surface area contributed by atoms with Gasteiger partial charge in [-0.3, -0.25) is 14.3 Å². The highest BCUT2D eigenvalue weighted by Crippen LogP contribution is 2.39. The number of nitrogens with one attached hydrogen (secondary N) is 1. The SMILES string of the molecule is CCS(=O)(=O)c1ccc(Cl)cc1Cn1c(=O)[nH]c2c(Cl)c(CN3CC[C@@H](N(C)C)C3)c(C(F)(F)F)cc2c1=O. The van der Waals surface area contributed by atoms with Crippen LogP contribution in [0, 0.1) is 0 Å². The lowest BCUT2D eigenvalue weighted by Gasteiger charge is -2.23. The van der Waals surface area contributed by atoms with Crippen LogP contribution in [-0.2, 0) is 29.1 Å². The lowest BCUT2D eigenvalue weighted by atomic mass is 10.0. The molecule has 0 amide bonds. The van der Waals surface area contributed by atoms with Gasteiger partial charge in [0, 0.05) is 30.7 Å². The summed E-state index contributed by atoms with van der Waals surface area (Å²) in [4.78, 5) is 32.6. The third kappa shape index (κ3) is 5.90. The lowest BCUT2D eigenvalue weighted by Crippen LogP contribution is -2.36. The van der Waals surface area contributed by atoms with Crippen LogP contribution >= 0.6 is 23.2 Å². The molecule has 1 atom stereocenters. The molecule has 14 heteroatoms. The fourth-order valence-corrected chi connectivity index (χ4v) is 6.46. The van der Waals surface area contributed by atoms with Crippen molar-refractivity contribution in [3.63, 3.8) is 0 Å². The summed E-state index contributed by atoms with van der Waals surface area (Å²) in [5.41, 5.74) is -3.44. The maximum absolute atomic E-state index is 14.2. The zero-order valence-corrected chi connectivity index (χ0v) is 23.7. The van der Waals surface area contributed by atoms with E-state index in [1.807, 2.05) is 23.9 Å². The maximum Gasteiger partial charge on any atom is 0.416 e. The minimum Gasteiger partial charge on any atom is -0.305 e. The van der Waals surface area contributed by atoms with E-state index in [1.165, 1.54) is 25.1 Å². The molecule has 0 bridgehead atoms. The number of fused-ring (bicyclic) bond motifs is 1. The second-order valence-electron chi connectivity index (χ2n) is 9.76. The number of aromatic amines is 1. The predicted octanol–water partition coefficient (Wildman–Crippen LogP) is 3.99. The number of likely N-dealkylation sites (tertiary alicyclic amines) is 1. The summed E-state index contributed by atoms with van der Waals surface area (Å²) in [5.74, 6) is -0.246. The van der Waals surface area contributed by atoms with Gasteiger partial charge in [-0.1, -0.05) is 30.1 Å². The van der Waals surface area contributed by atoms with E-state index < -0.39 is 44.8 Å². The molecule has 4 rings (SSSR count). The first kappa shape index (κ1) is 29.6. The molecule has 1 aliphatic rings. The smallest absolute Gasteiger partial charge is 0.305 e. The van der Waals surface area contributed by atoms with Crippen molar-refractivity contribution in [3.05, 3.63) is 71.8 Å². The number of hydrogen-bond donors (Lipinski definition) is 1. The van der Waals surface area contributed by atoms with Crippen molar-refractivity contribution in [2.24, 2.45) is 0 Å². The summed E-state index contributed by atoms with van der Waals surface area (Å²) in [6.45, 7) is 1.90. The Hall–Kier alpha value is -2.38. The number of H-pyrrole nitrogens is 1. The number of benzene rings is 2. The van der Waals surface area contributed by atoms with Gasteiger partial charge in [0.2, 0.25) is 0 Å². The number of nitrogens with zero attached hydrogens (tertiary/aromatic N) is 3. The van der Waals surface area contributed by atoms with Gasteiger partial charge in [0.05, 0.1) is 38.7 Å². The van der Waals surface area contributed by atoms with E-state index in [9.17, 15) is 31.2 Å². The highest BCUT2D eigenvalue weighted by molar-refractivity contribution is 7.91. The monoisotopic (exact) mass is 606 g/mol. The van der Waals surface area contributed by atoms with E-state index in [2.05, 4.69) is 4.98 Å². The van der Waals surface area contributed by atoms with Crippen molar-refractivity contribution in [2.75, 3.05) is 32.9 Å². The van der Waals surface area contributed by atoms with Gasteiger partial charge in [0.1, 0.15) is 0 Å². The first-order chi connectivity index (χ1) is 18.1. The van der Waals surface area contributed by atoms with Gasteiger partial charge in [-0.15, -0.1) is 0 Å². The van der Waals surface area contributed by atoms with Gasteiger partial charge in [-0.05, 0) is 55.9 Å². The Bertz CT molecular complexity index is 1650. The first-order valence-corrected chi connectivity index (χ1v) is 14.5. The van der Waals surface area contributed by atoms with Crippen molar-refractivity contribution in [3.8, 4) is 0 Å². The van der Waals surface area contributed by atoms with Crippen molar-refractivity contribution >= 4 is 43.9 Å². The Labute approximate surface area is 232 Å². The van der Waals surface area contributed by atoms with Gasteiger partial charge in [0.25, 0.3) is 5.56 Å². The van der Waals surface area contributed by atoms with Crippen LogP contribution in [0.1, 0.15) is 30.0 Å². The lowest BCUT2D eigenvalue weighted by molar-refractivity contribution is -0.138. The fourth-order valence-electron chi connectivity index (χ4n) is 4.85. The summed E-state index contributed by atoms with van der Waals surface area (Å²) < 4.78 is 68.4. The summed E-state index contributed by atoms with van der Waals surface area (Å²) in [6.07, 6.45) is -4.04. The zero-order valence-electron chi connectivity index (χ0n) is 21.4. The molecule has 1 aliphatic heterocycles. The molecule has 3 aromatic rings. The topological polar surface area (TPSA) is 95.5 Å². The van der Waals surface area contributed by atoms with E-state index in [1.54, 1.807) is 0 Å². The van der Waals surface area contributed by atoms with Gasteiger partial charge < -0.3 is 9.88 Å². The number of rotatable bonds is 7. The quantitative estimate of drug-likeness (QED) is 0.437. The van der Waals surface area contributed by atoms with Crippen LogP contribution in [0.15, 0.2) is 38.8 Å². The molecular weight excluding hydrogens is 580 g/mol. The molecule has 2 heterocycles. The average Bonchev–Trinajstić information content (AvgIpc) is 3.32. The van der Waals surface area contributed by atoms with Crippen LogP contribution in [-0.4, -0.2) is 66.7 Å². The van der Waals surface area contributed by atoms with Crippen LogP contribution < -0.4 is 11.2 Å². The molecule has 0 spiro atoms. The molecule has 0 aliphatic carbocycles. The Morgan fingerprint density at radius 1 is 1.13 bits per heavy atom. The number of alkyl halides is 3. The van der Waals surface area contributed by atoms with E-state index in [0.29, 0.717) is 23.7 Å². The number of hydrogen-bond acceptors (Lipinski definition) is 6. The third-order valence-corrected chi connectivity index (χ3v) is 9.53. The summed E-state index contributed by atoms with van der Waals surface area (Å²) in [7, 11) is 0.0447. The highest BCUT2D eigenvalue weighted by atomic mass is 35.5. The van der Waals surface area contributed by atoms with Crippen LogP contribution in [0.25, 0.3) is 10.9 Å². The second kappa shape index (κ2) is 10.9. The minimum atomic E-state index is -4.82. The largest absolute Gasteiger partial charge is 0.416 e. The highest BCUT2D eigenvalue weighted by Gasteiger charge is 2.37. The molecule has 1 N–H and O–H groups in total. The molecule has 1 fully saturated rings. The normalized spacial score (nSPS) is 17.0. The Morgan fingerprint density at radius 2 is 1.82 bits per heavy atom. The van der Waals surface area contributed by atoms with E-state index in [0.717, 1.165) is 6.42 Å². The number of sulfone groups is 1. The van der Waals surface area contributed by atoms with Gasteiger partial charge >= 0.3 is 11.9 Å². The summed E-state index contributed by atoms with van der Waals surface area (Å²) >= 11 is 12.5. The number of likely N-dealkylation sites (N-methyl/N-ethyl adjacent to an activating group) is 1. The number of halogens is 5. The molecule has 1 aromatic heterocycles. The number of aromatic nitrogens is 2. The van der Waals surface area contributed by atoms with E-state index in [4.69, 9.17) is 23.2 Å². The van der Waals surface area contributed by atoms with Crippen molar-refractivity contribution < 1.29 is 21.6 Å². The molecule has 1 saturated heterocycles. The fraction of sp³-hybridized carbons (Fsp3) is 0.440. The molecule has 8 nitrogen and oxygen atoms in total. The van der Waals surface area contributed by atoms with Gasteiger partial charge in [-0.2, -0.15) is 13.2 Å². The average molecular weight is 607 g/mol. The molecule has 0 saturated carbocycles. The van der Waals surface area contributed by atoms with Crippen LogP contribution in [0.5, 0.6) is 0 Å². The van der Waals surface area contributed by atoms with Gasteiger partial charge in [-0.25, -0.2) is 13.2 Å². The van der Waals surface area contributed by atoms with Crippen molar-refractivity contribution in [1.29, 1.82) is 0 Å². The molecule has 0 unspecified atom stereocenters.